The van der Waals surface area contributed by atoms with Crippen molar-refractivity contribution in [2.75, 3.05) is 12.4 Å². The molecule has 1 heterocycles. The van der Waals surface area contributed by atoms with Gasteiger partial charge in [0.25, 0.3) is 0 Å². The smallest absolute Gasteiger partial charge is 0.246 e. The lowest BCUT2D eigenvalue weighted by Crippen LogP contribution is -2.37. The van der Waals surface area contributed by atoms with Crippen molar-refractivity contribution >= 4 is 21.6 Å². The van der Waals surface area contributed by atoms with Crippen molar-refractivity contribution in [3.63, 3.8) is 0 Å². The van der Waals surface area contributed by atoms with Gasteiger partial charge in [0.2, 0.25) is 10.0 Å². The maximum Gasteiger partial charge on any atom is 0.246 e. The molecule has 0 amide bonds. The first kappa shape index (κ1) is 15.5. The van der Waals surface area contributed by atoms with Crippen molar-refractivity contribution in [3.05, 3.63) is 12.4 Å². The molecule has 0 atom stereocenters. The molecule has 1 aromatic heterocycles. The van der Waals surface area contributed by atoms with E-state index < -0.39 is 10.0 Å². The molecule has 0 saturated carbocycles. The van der Waals surface area contributed by atoms with E-state index in [9.17, 15) is 8.42 Å². The highest BCUT2D eigenvalue weighted by atomic mass is 35.5. The van der Waals surface area contributed by atoms with Crippen LogP contribution in [0.25, 0.3) is 0 Å². The number of nitrogens with zero attached hydrogens (tertiary/aromatic N) is 3. The molecule has 0 saturated heterocycles. The summed E-state index contributed by atoms with van der Waals surface area (Å²) in [7, 11) is -3.45. The Morgan fingerprint density at radius 1 is 1.50 bits per heavy atom. The standard InChI is InChI=1S/C11H20ClN3O2S/c1-4-6-15(10(2)3)18(16,17)11-8-13-14(9-11)7-5-12/h8-10H,4-7H2,1-3H3. The van der Waals surface area contributed by atoms with Gasteiger partial charge in [0.15, 0.2) is 0 Å². The van der Waals surface area contributed by atoms with Crippen LogP contribution in [-0.2, 0) is 16.6 Å². The minimum Gasteiger partial charge on any atom is -0.270 e. The van der Waals surface area contributed by atoms with Crippen molar-refractivity contribution < 1.29 is 8.42 Å². The Morgan fingerprint density at radius 2 is 2.17 bits per heavy atom. The van der Waals surface area contributed by atoms with Gasteiger partial charge in [0.05, 0.1) is 12.7 Å². The van der Waals surface area contributed by atoms with Crippen molar-refractivity contribution in [1.29, 1.82) is 0 Å². The molecule has 0 radical (unpaired) electrons. The summed E-state index contributed by atoms with van der Waals surface area (Å²) in [5.41, 5.74) is 0. The average molecular weight is 294 g/mol. The maximum absolute atomic E-state index is 12.4. The van der Waals surface area contributed by atoms with Gasteiger partial charge in [0.1, 0.15) is 4.90 Å². The van der Waals surface area contributed by atoms with Gasteiger partial charge < -0.3 is 0 Å². The van der Waals surface area contributed by atoms with Crippen LogP contribution in [0.4, 0.5) is 0 Å². The summed E-state index contributed by atoms with van der Waals surface area (Å²) in [6, 6.07) is -0.0636. The van der Waals surface area contributed by atoms with E-state index in [1.807, 2.05) is 20.8 Å². The number of halogens is 1. The number of aryl methyl sites for hydroxylation is 1. The lowest BCUT2D eigenvalue weighted by atomic mass is 10.4. The third-order valence-corrected chi connectivity index (χ3v) is 4.75. The predicted molar refractivity (Wildman–Crippen MR) is 72.3 cm³/mol. The van der Waals surface area contributed by atoms with Gasteiger partial charge in [-0.25, -0.2) is 8.42 Å². The van der Waals surface area contributed by atoms with Crippen LogP contribution in [0.3, 0.4) is 0 Å². The van der Waals surface area contributed by atoms with Crippen LogP contribution in [0.1, 0.15) is 27.2 Å². The second-order valence-corrected chi connectivity index (χ2v) is 6.61. The van der Waals surface area contributed by atoms with E-state index >= 15 is 0 Å². The van der Waals surface area contributed by atoms with Crippen molar-refractivity contribution in [2.45, 2.75) is 44.7 Å². The molecule has 104 valence electrons. The third kappa shape index (κ3) is 3.46. The van der Waals surface area contributed by atoms with Gasteiger partial charge in [-0.3, -0.25) is 4.68 Å². The molecule has 0 fully saturated rings. The van der Waals surface area contributed by atoms with Crippen molar-refractivity contribution in [2.24, 2.45) is 0 Å². The van der Waals surface area contributed by atoms with Gasteiger partial charge in [0, 0.05) is 24.7 Å². The van der Waals surface area contributed by atoms with E-state index in [2.05, 4.69) is 5.10 Å². The number of hydrogen-bond acceptors (Lipinski definition) is 3. The number of sulfonamides is 1. The number of hydrogen-bond donors (Lipinski definition) is 0. The summed E-state index contributed by atoms with van der Waals surface area (Å²) < 4.78 is 27.9. The Kier molecular flexibility index (Phi) is 5.62. The molecule has 0 bridgehead atoms. The Morgan fingerprint density at radius 3 is 2.67 bits per heavy atom. The highest BCUT2D eigenvalue weighted by molar-refractivity contribution is 7.89. The van der Waals surface area contributed by atoms with Gasteiger partial charge in [-0.2, -0.15) is 9.40 Å². The summed E-state index contributed by atoms with van der Waals surface area (Å²) >= 11 is 5.60. The Balaban J connectivity index is 3.02. The van der Waals surface area contributed by atoms with Crippen LogP contribution in [0.15, 0.2) is 17.3 Å². The van der Waals surface area contributed by atoms with E-state index in [4.69, 9.17) is 11.6 Å². The summed E-state index contributed by atoms with van der Waals surface area (Å²) in [6.07, 6.45) is 3.70. The minimum absolute atomic E-state index is 0.0636. The fourth-order valence-electron chi connectivity index (χ4n) is 1.70. The second kappa shape index (κ2) is 6.54. The third-order valence-electron chi connectivity index (χ3n) is 2.55. The largest absolute Gasteiger partial charge is 0.270 e. The summed E-state index contributed by atoms with van der Waals surface area (Å²) in [4.78, 5) is 0.231. The normalized spacial score (nSPS) is 12.6. The van der Waals surface area contributed by atoms with Crippen molar-refractivity contribution in [3.8, 4) is 0 Å². The van der Waals surface area contributed by atoms with Gasteiger partial charge in [-0.1, -0.05) is 6.92 Å². The SMILES string of the molecule is CCCN(C(C)C)S(=O)(=O)c1cnn(CCCl)c1. The first-order valence-electron chi connectivity index (χ1n) is 6.03. The maximum atomic E-state index is 12.4. The molecule has 18 heavy (non-hydrogen) atoms. The number of alkyl halides is 1. The second-order valence-electron chi connectivity index (χ2n) is 4.34. The van der Waals surface area contributed by atoms with Crippen molar-refractivity contribution in [1.82, 2.24) is 14.1 Å². The highest BCUT2D eigenvalue weighted by Gasteiger charge is 2.27. The molecule has 0 spiro atoms. The topological polar surface area (TPSA) is 55.2 Å². The molecular weight excluding hydrogens is 274 g/mol. The Bertz CT molecular complexity index is 470. The van der Waals surface area contributed by atoms with Crippen LogP contribution in [0.2, 0.25) is 0 Å². The van der Waals surface area contributed by atoms with Crippen LogP contribution >= 0.6 is 11.6 Å². The molecule has 7 heteroatoms. The first-order valence-corrected chi connectivity index (χ1v) is 8.01. The molecule has 0 aliphatic heterocycles. The molecule has 1 aromatic rings. The van der Waals surface area contributed by atoms with Crippen LogP contribution in [-0.4, -0.2) is 41.0 Å². The molecule has 0 aliphatic carbocycles. The molecule has 0 N–H and O–H groups in total. The molecule has 0 aromatic carbocycles. The van der Waals surface area contributed by atoms with Gasteiger partial charge in [-0.15, -0.1) is 11.6 Å². The molecule has 0 aliphatic rings. The molecular formula is C11H20ClN3O2S. The van der Waals surface area contributed by atoms with Crippen LogP contribution in [0, 0.1) is 0 Å². The predicted octanol–water partition coefficient (Wildman–Crippen LogP) is 1.93. The molecule has 5 nitrogen and oxygen atoms in total. The molecule has 1 rings (SSSR count). The fourth-order valence-corrected chi connectivity index (χ4v) is 3.56. The monoisotopic (exact) mass is 293 g/mol. The van der Waals surface area contributed by atoms with Gasteiger partial charge in [-0.05, 0) is 20.3 Å². The van der Waals surface area contributed by atoms with E-state index in [1.165, 1.54) is 16.7 Å². The zero-order valence-corrected chi connectivity index (χ0v) is 12.6. The highest BCUT2D eigenvalue weighted by Crippen LogP contribution is 2.17. The Labute approximate surface area is 114 Å². The summed E-state index contributed by atoms with van der Waals surface area (Å²) in [5, 5.41) is 4.00. The summed E-state index contributed by atoms with van der Waals surface area (Å²) in [6.45, 7) is 6.72. The molecule has 0 unspecified atom stereocenters. The van der Waals surface area contributed by atoms with E-state index in [1.54, 1.807) is 4.68 Å². The number of aromatic nitrogens is 2. The average Bonchev–Trinajstić information content (AvgIpc) is 2.75. The van der Waals surface area contributed by atoms with E-state index in [-0.39, 0.29) is 10.9 Å². The van der Waals surface area contributed by atoms with Crippen LogP contribution < -0.4 is 0 Å². The minimum atomic E-state index is -3.45. The number of rotatable bonds is 7. The lowest BCUT2D eigenvalue weighted by Gasteiger charge is -2.24. The zero-order valence-electron chi connectivity index (χ0n) is 11.0. The van der Waals surface area contributed by atoms with E-state index in [0.717, 1.165) is 6.42 Å². The Hall–Kier alpha value is -0.590. The van der Waals surface area contributed by atoms with Crippen LogP contribution in [0.5, 0.6) is 0 Å². The fraction of sp³-hybridized carbons (Fsp3) is 0.727. The van der Waals surface area contributed by atoms with Gasteiger partial charge >= 0.3 is 0 Å². The van der Waals surface area contributed by atoms with E-state index in [0.29, 0.717) is 19.0 Å². The first-order chi connectivity index (χ1) is 8.43. The lowest BCUT2D eigenvalue weighted by molar-refractivity contribution is 0.354. The summed E-state index contributed by atoms with van der Waals surface area (Å²) in [5.74, 6) is 0.407. The zero-order chi connectivity index (χ0) is 13.8. The quantitative estimate of drug-likeness (QED) is 0.722.